The first-order chi connectivity index (χ1) is 16.8. The highest BCUT2D eigenvalue weighted by Crippen LogP contribution is 2.51. The first-order valence-corrected chi connectivity index (χ1v) is 11.5. The number of ketones is 1. The highest BCUT2D eigenvalue weighted by molar-refractivity contribution is 6.01. The minimum atomic E-state index is -1.17. The molecule has 1 aliphatic heterocycles. The molecule has 0 aromatic heterocycles. The van der Waals surface area contributed by atoms with E-state index < -0.39 is 23.7 Å². The van der Waals surface area contributed by atoms with E-state index in [-0.39, 0.29) is 15.4 Å². The zero-order valence-electron chi connectivity index (χ0n) is 19.3. The molecule has 35 heavy (non-hydrogen) atoms. The molecule has 3 aromatic carbocycles. The maximum atomic E-state index is 13.4. The zero-order chi connectivity index (χ0) is 24.6. The number of hydrogen-bond donors (Lipinski definition) is 2. The van der Waals surface area contributed by atoms with Crippen LogP contribution in [0.15, 0.2) is 60.7 Å². The number of nitrogens with one attached hydrogen (secondary N) is 1. The number of carbonyl (C=O) groups is 3. The van der Waals surface area contributed by atoms with Gasteiger partial charge < -0.3 is 19.9 Å². The van der Waals surface area contributed by atoms with Crippen LogP contribution in [0, 0.1) is 6.92 Å². The third kappa shape index (κ3) is 4.62. The molecule has 3 aromatic rings. The van der Waals surface area contributed by atoms with E-state index in [1.165, 1.54) is 0 Å². The molecule has 1 heterocycles. The number of benzene rings is 3. The lowest BCUT2D eigenvalue weighted by molar-refractivity contribution is -0.139. The van der Waals surface area contributed by atoms with Crippen molar-refractivity contribution in [3.05, 3.63) is 77.4 Å². The molecule has 2 N–H and O–H groups in total. The summed E-state index contributed by atoms with van der Waals surface area (Å²) in [6.45, 7) is 2.22. The average molecular weight is 476 g/mol. The Morgan fingerprint density at radius 2 is 1.71 bits per heavy atom. The summed E-state index contributed by atoms with van der Waals surface area (Å²) in [7, 11) is 0. The average Bonchev–Trinajstić information content (AvgIpc) is 3.51. The van der Waals surface area contributed by atoms with Crippen molar-refractivity contribution in [2.75, 3.05) is 12.1 Å². The number of carboxylic acid groups (broad SMARTS) is 1. The maximum absolute atomic E-state index is 13.4. The summed E-state index contributed by atoms with van der Waals surface area (Å²) in [6.07, 6.45) is 1.42. The molecule has 182 valence electrons. The molecular formula is C28H29NO6. The Morgan fingerprint density at radius 1 is 0.971 bits per heavy atom. The lowest BCUT2D eigenvalue weighted by atomic mass is 9.87. The normalized spacial score (nSPS) is 14.9. The number of carbonyl (C=O) groups excluding carboxylic acids is 2. The van der Waals surface area contributed by atoms with Gasteiger partial charge >= 0.3 is 5.97 Å². The Hall–Kier alpha value is -4.13. The Bertz CT molecular complexity index is 1330. The Labute approximate surface area is 205 Å². The quantitative estimate of drug-likeness (QED) is 0.438. The van der Waals surface area contributed by atoms with Crippen LogP contribution in [0.5, 0.6) is 11.5 Å². The lowest BCUT2D eigenvalue weighted by Crippen LogP contribution is -2.22. The Kier molecular flexibility index (Phi) is 5.76. The third-order valence-corrected chi connectivity index (χ3v) is 6.67. The van der Waals surface area contributed by atoms with E-state index in [1.807, 2.05) is 55.5 Å². The predicted molar refractivity (Wildman–Crippen MR) is 134 cm³/mol. The van der Waals surface area contributed by atoms with E-state index in [1.54, 1.807) is 12.1 Å². The van der Waals surface area contributed by atoms with Crippen molar-refractivity contribution in [1.82, 2.24) is 0 Å². The molecule has 7 heteroatoms. The van der Waals surface area contributed by atoms with Gasteiger partial charge in [0.05, 0.1) is 5.41 Å². The van der Waals surface area contributed by atoms with Crippen LogP contribution in [0.4, 0.5) is 5.69 Å². The molecule has 0 bridgehead atoms. The summed E-state index contributed by atoms with van der Waals surface area (Å²) in [4.78, 5) is 35.8. The summed E-state index contributed by atoms with van der Waals surface area (Å²) in [5, 5.41) is 11.3. The lowest BCUT2D eigenvalue weighted by Gasteiger charge is -2.16. The maximum Gasteiger partial charge on any atom is 0.312 e. The molecule has 5 rings (SSSR count). The second-order valence-electron chi connectivity index (χ2n) is 9.10. The van der Waals surface area contributed by atoms with Crippen LogP contribution in [0.3, 0.4) is 0 Å². The van der Waals surface area contributed by atoms with Crippen molar-refractivity contribution in [2.24, 2.45) is 0 Å². The molecule has 1 saturated carbocycles. The number of anilines is 1. The third-order valence-electron chi connectivity index (χ3n) is 6.67. The van der Waals surface area contributed by atoms with Crippen molar-refractivity contribution in [3.63, 3.8) is 0 Å². The molecule has 0 spiro atoms. The standard InChI is InChI=1S/C28H25NO6.2H2/c1-17-2-3-18(12-22(17)19-4-7-21(8-5-19)29-26(31)15-27(32)33)13-25(30)28(10-11-28)20-6-9-23-24(14-20)35-16-34-23;;/h2-9,12,14H,10-11,13,15-16H2,1H3,(H,29,31)(H,32,33);2*1H. The van der Waals surface area contributed by atoms with Crippen LogP contribution < -0.4 is 14.8 Å². The second-order valence-corrected chi connectivity index (χ2v) is 9.10. The van der Waals surface area contributed by atoms with Gasteiger partial charge in [0.2, 0.25) is 12.7 Å². The first kappa shape index (κ1) is 22.7. The van der Waals surface area contributed by atoms with Crippen LogP contribution in [0.2, 0.25) is 0 Å². The second kappa shape index (κ2) is 8.91. The fourth-order valence-corrected chi connectivity index (χ4v) is 4.57. The number of aryl methyl sites for hydroxylation is 1. The number of carboxylic acids is 1. The van der Waals surface area contributed by atoms with Gasteiger partial charge in [0.15, 0.2) is 11.5 Å². The molecule has 0 radical (unpaired) electrons. The van der Waals surface area contributed by atoms with E-state index in [4.69, 9.17) is 14.6 Å². The zero-order valence-corrected chi connectivity index (χ0v) is 19.3. The van der Waals surface area contributed by atoms with Gasteiger partial charge in [-0.1, -0.05) is 36.4 Å². The highest BCUT2D eigenvalue weighted by Gasteiger charge is 2.50. The minimum Gasteiger partial charge on any atom is -0.481 e. The van der Waals surface area contributed by atoms with E-state index >= 15 is 0 Å². The molecule has 0 unspecified atom stereocenters. The van der Waals surface area contributed by atoms with Gasteiger partial charge in [-0.15, -0.1) is 0 Å². The number of aliphatic carboxylic acids is 1. The summed E-state index contributed by atoms with van der Waals surface area (Å²) >= 11 is 0. The van der Waals surface area contributed by atoms with Gasteiger partial charge in [-0.3, -0.25) is 14.4 Å². The SMILES string of the molecule is Cc1ccc(CC(=O)C2(c3ccc4c(c3)OCO4)CC2)cc1-c1ccc(NC(=O)CC(=O)O)cc1.[HH].[HH]. The van der Waals surface area contributed by atoms with Crippen molar-refractivity contribution >= 4 is 23.3 Å². The van der Waals surface area contributed by atoms with Gasteiger partial charge in [-0.2, -0.15) is 0 Å². The van der Waals surface area contributed by atoms with Crippen molar-refractivity contribution in [3.8, 4) is 22.6 Å². The molecule has 7 nitrogen and oxygen atoms in total. The van der Waals surface area contributed by atoms with E-state index in [0.29, 0.717) is 23.6 Å². The molecule has 1 amide bonds. The first-order valence-electron chi connectivity index (χ1n) is 11.5. The predicted octanol–water partition coefficient (Wildman–Crippen LogP) is 5.14. The summed E-state index contributed by atoms with van der Waals surface area (Å²) in [5.74, 6) is -0.136. The van der Waals surface area contributed by atoms with Gasteiger partial charge in [-0.05, 0) is 71.8 Å². The minimum absolute atomic E-state index is 0. The summed E-state index contributed by atoms with van der Waals surface area (Å²) < 4.78 is 10.9. The fraction of sp³-hybridized carbons (Fsp3) is 0.250. The van der Waals surface area contributed by atoms with Gasteiger partial charge in [0, 0.05) is 15.0 Å². The van der Waals surface area contributed by atoms with E-state index in [2.05, 4.69) is 5.32 Å². The Balaban J connectivity index is 0.00000190. The molecular weight excluding hydrogens is 446 g/mol. The van der Waals surface area contributed by atoms with Crippen LogP contribution in [0.25, 0.3) is 11.1 Å². The molecule has 2 aliphatic rings. The summed E-state index contributed by atoms with van der Waals surface area (Å²) in [6, 6.07) is 19.1. The van der Waals surface area contributed by atoms with Crippen LogP contribution >= 0.6 is 0 Å². The number of amides is 1. The van der Waals surface area contributed by atoms with Crippen LogP contribution in [0.1, 0.15) is 38.8 Å². The Morgan fingerprint density at radius 3 is 2.43 bits per heavy atom. The van der Waals surface area contributed by atoms with Gasteiger partial charge in [0.1, 0.15) is 12.2 Å². The monoisotopic (exact) mass is 475 g/mol. The number of ether oxygens (including phenoxy) is 2. The number of hydrogen-bond acceptors (Lipinski definition) is 5. The molecule has 0 saturated heterocycles. The van der Waals surface area contributed by atoms with Crippen molar-refractivity contribution < 1.29 is 31.8 Å². The number of rotatable bonds is 8. The fourth-order valence-electron chi connectivity index (χ4n) is 4.57. The molecule has 0 atom stereocenters. The van der Waals surface area contributed by atoms with E-state index in [0.717, 1.165) is 40.7 Å². The van der Waals surface area contributed by atoms with Gasteiger partial charge in [0.25, 0.3) is 0 Å². The van der Waals surface area contributed by atoms with Crippen molar-refractivity contribution in [1.29, 1.82) is 0 Å². The number of fused-ring (bicyclic) bond motifs is 1. The molecule has 1 aliphatic carbocycles. The smallest absolute Gasteiger partial charge is 0.312 e. The topological polar surface area (TPSA) is 102 Å². The highest BCUT2D eigenvalue weighted by atomic mass is 16.7. The van der Waals surface area contributed by atoms with Gasteiger partial charge in [-0.25, -0.2) is 0 Å². The molecule has 1 fully saturated rings. The van der Waals surface area contributed by atoms with Crippen molar-refractivity contribution in [2.45, 2.75) is 38.0 Å². The largest absolute Gasteiger partial charge is 0.481 e. The summed E-state index contributed by atoms with van der Waals surface area (Å²) in [5.41, 5.74) is 5.03. The van der Waals surface area contributed by atoms with Crippen LogP contribution in [-0.2, 0) is 26.2 Å². The van der Waals surface area contributed by atoms with E-state index in [9.17, 15) is 14.4 Å². The number of Topliss-reactive ketones (excluding diaryl/α,β-unsaturated/α-hetero) is 1. The van der Waals surface area contributed by atoms with Crippen LogP contribution in [-0.4, -0.2) is 29.6 Å².